The van der Waals surface area contributed by atoms with Gasteiger partial charge in [0, 0.05) is 6.54 Å². The average Bonchev–Trinajstić information content (AvgIpc) is 2.44. The first kappa shape index (κ1) is 11.7. The maximum Gasteiger partial charge on any atom is 0.0603 e. The highest BCUT2D eigenvalue weighted by atomic mass is 32.1. The van der Waals surface area contributed by atoms with Gasteiger partial charge in [-0.1, -0.05) is 0 Å². The molecule has 0 aromatic carbocycles. The van der Waals surface area contributed by atoms with Gasteiger partial charge in [-0.2, -0.15) is 11.3 Å². The lowest BCUT2D eigenvalue weighted by Gasteiger charge is -2.16. The van der Waals surface area contributed by atoms with E-state index in [2.05, 4.69) is 23.0 Å². The molecule has 0 saturated carbocycles. The molecule has 80 valence electrons. The van der Waals surface area contributed by atoms with Gasteiger partial charge in [-0.05, 0) is 55.6 Å². The summed E-state index contributed by atoms with van der Waals surface area (Å²) in [5.41, 5.74) is 2.16. The van der Waals surface area contributed by atoms with Crippen molar-refractivity contribution in [2.75, 3.05) is 6.54 Å². The summed E-state index contributed by atoms with van der Waals surface area (Å²) in [4.78, 5) is 0. The summed E-state index contributed by atoms with van der Waals surface area (Å²) in [6.07, 6.45) is 0.788. The number of aryl methyl sites for hydroxylation is 1. The molecular formula is C11H19NOS. The Hall–Kier alpha value is -0.380. The minimum atomic E-state index is -0.559. The van der Waals surface area contributed by atoms with Crippen LogP contribution in [0.25, 0.3) is 0 Å². The summed E-state index contributed by atoms with van der Waals surface area (Å²) in [7, 11) is 0. The fourth-order valence-electron chi connectivity index (χ4n) is 1.19. The molecule has 14 heavy (non-hydrogen) atoms. The largest absolute Gasteiger partial charge is 0.390 e. The lowest BCUT2D eigenvalue weighted by Crippen LogP contribution is -2.26. The summed E-state index contributed by atoms with van der Waals surface area (Å²) < 4.78 is 0. The van der Waals surface area contributed by atoms with Gasteiger partial charge in [-0.15, -0.1) is 0 Å². The number of aliphatic hydroxyl groups is 1. The molecule has 1 aromatic heterocycles. The van der Waals surface area contributed by atoms with Gasteiger partial charge >= 0.3 is 0 Å². The molecule has 1 rings (SSSR count). The van der Waals surface area contributed by atoms with Crippen LogP contribution in [-0.2, 0) is 6.54 Å². The van der Waals surface area contributed by atoms with Crippen molar-refractivity contribution < 1.29 is 5.11 Å². The van der Waals surface area contributed by atoms with E-state index in [-0.39, 0.29) is 0 Å². The van der Waals surface area contributed by atoms with Crippen LogP contribution < -0.4 is 5.32 Å². The van der Waals surface area contributed by atoms with E-state index in [1.807, 2.05) is 13.8 Å². The Morgan fingerprint density at radius 3 is 2.64 bits per heavy atom. The highest BCUT2D eigenvalue weighted by Crippen LogP contribution is 2.13. The predicted molar refractivity (Wildman–Crippen MR) is 61.7 cm³/mol. The normalized spacial score (nSPS) is 12.0. The van der Waals surface area contributed by atoms with Crippen LogP contribution in [0, 0.1) is 6.92 Å². The van der Waals surface area contributed by atoms with E-state index in [9.17, 15) is 5.11 Å². The third-order valence-electron chi connectivity index (χ3n) is 2.19. The first-order valence-electron chi connectivity index (χ1n) is 4.94. The zero-order valence-corrected chi connectivity index (χ0v) is 9.95. The molecule has 0 radical (unpaired) electrons. The first-order chi connectivity index (χ1) is 6.49. The number of thiophene rings is 1. The lowest BCUT2D eigenvalue weighted by atomic mass is 10.1. The second-order valence-corrected chi connectivity index (χ2v) is 5.06. The van der Waals surface area contributed by atoms with Crippen LogP contribution in [0.1, 0.15) is 31.4 Å². The van der Waals surface area contributed by atoms with E-state index < -0.39 is 5.60 Å². The predicted octanol–water partition coefficient (Wildman–Crippen LogP) is 2.31. The summed E-state index contributed by atoms with van der Waals surface area (Å²) in [6, 6.07) is 0. The van der Waals surface area contributed by atoms with Crippen molar-refractivity contribution in [1.82, 2.24) is 5.32 Å². The molecule has 0 spiro atoms. The molecule has 0 saturated heterocycles. The second-order valence-electron chi connectivity index (χ2n) is 4.32. The van der Waals surface area contributed by atoms with E-state index in [4.69, 9.17) is 0 Å². The van der Waals surface area contributed by atoms with Crippen molar-refractivity contribution in [2.24, 2.45) is 0 Å². The summed E-state index contributed by atoms with van der Waals surface area (Å²) in [5, 5.41) is 17.2. The molecule has 0 aliphatic carbocycles. The third kappa shape index (κ3) is 4.22. The molecular weight excluding hydrogens is 194 g/mol. The van der Waals surface area contributed by atoms with E-state index in [0.29, 0.717) is 0 Å². The fourth-order valence-corrected chi connectivity index (χ4v) is 2.04. The van der Waals surface area contributed by atoms with Gasteiger partial charge in [0.05, 0.1) is 5.60 Å². The number of rotatable bonds is 5. The molecule has 0 unspecified atom stereocenters. The van der Waals surface area contributed by atoms with Crippen LogP contribution >= 0.6 is 11.3 Å². The Kier molecular flexibility index (Phi) is 4.11. The highest BCUT2D eigenvalue weighted by molar-refractivity contribution is 7.08. The van der Waals surface area contributed by atoms with Crippen LogP contribution in [0.4, 0.5) is 0 Å². The maximum absolute atomic E-state index is 9.49. The summed E-state index contributed by atoms with van der Waals surface area (Å²) >= 11 is 1.74. The van der Waals surface area contributed by atoms with Crippen LogP contribution in [0.5, 0.6) is 0 Å². The standard InChI is InChI=1S/C11H19NOS/c1-9-7-14-8-10(9)6-12-5-4-11(2,3)13/h7-8,12-13H,4-6H2,1-3H3. The number of hydrogen-bond acceptors (Lipinski definition) is 3. The van der Waals surface area contributed by atoms with Crippen molar-refractivity contribution in [3.63, 3.8) is 0 Å². The number of nitrogens with one attached hydrogen (secondary N) is 1. The van der Waals surface area contributed by atoms with E-state index >= 15 is 0 Å². The summed E-state index contributed by atoms with van der Waals surface area (Å²) in [6.45, 7) is 7.57. The Labute approximate surface area is 90.0 Å². The topological polar surface area (TPSA) is 32.3 Å². The molecule has 0 amide bonds. The quantitative estimate of drug-likeness (QED) is 0.736. The third-order valence-corrected chi connectivity index (χ3v) is 3.10. The zero-order valence-electron chi connectivity index (χ0n) is 9.13. The molecule has 2 N–H and O–H groups in total. The van der Waals surface area contributed by atoms with Crippen molar-refractivity contribution in [3.05, 3.63) is 21.9 Å². The molecule has 0 atom stereocenters. The van der Waals surface area contributed by atoms with Crippen LogP contribution in [0.2, 0.25) is 0 Å². The van der Waals surface area contributed by atoms with E-state index in [1.165, 1.54) is 11.1 Å². The lowest BCUT2D eigenvalue weighted by molar-refractivity contribution is 0.0711. The molecule has 0 fully saturated rings. The molecule has 0 bridgehead atoms. The summed E-state index contributed by atoms with van der Waals surface area (Å²) in [5.74, 6) is 0. The van der Waals surface area contributed by atoms with Crippen molar-refractivity contribution in [3.8, 4) is 0 Å². The van der Waals surface area contributed by atoms with Crippen LogP contribution in [-0.4, -0.2) is 17.3 Å². The van der Waals surface area contributed by atoms with Gasteiger partial charge < -0.3 is 10.4 Å². The molecule has 1 aromatic rings. The van der Waals surface area contributed by atoms with Gasteiger partial charge in [-0.25, -0.2) is 0 Å². The SMILES string of the molecule is Cc1cscc1CNCCC(C)(C)O. The average molecular weight is 213 g/mol. The van der Waals surface area contributed by atoms with Crippen molar-refractivity contribution in [2.45, 2.75) is 39.3 Å². The molecule has 0 aliphatic rings. The van der Waals surface area contributed by atoms with Gasteiger partial charge in [0.2, 0.25) is 0 Å². The first-order valence-corrected chi connectivity index (χ1v) is 5.88. The molecule has 3 heteroatoms. The Morgan fingerprint density at radius 2 is 2.14 bits per heavy atom. The Bertz CT molecular complexity index is 275. The van der Waals surface area contributed by atoms with Gasteiger partial charge in [0.15, 0.2) is 0 Å². The van der Waals surface area contributed by atoms with Gasteiger partial charge in [-0.3, -0.25) is 0 Å². The van der Waals surface area contributed by atoms with Crippen LogP contribution in [0.3, 0.4) is 0 Å². The zero-order chi connectivity index (χ0) is 10.6. The molecule has 2 nitrogen and oxygen atoms in total. The minimum Gasteiger partial charge on any atom is -0.390 e. The van der Waals surface area contributed by atoms with Crippen LogP contribution in [0.15, 0.2) is 10.8 Å². The minimum absolute atomic E-state index is 0.559. The van der Waals surface area contributed by atoms with Gasteiger partial charge in [0.25, 0.3) is 0 Å². The Morgan fingerprint density at radius 1 is 1.43 bits per heavy atom. The molecule has 1 heterocycles. The van der Waals surface area contributed by atoms with E-state index in [1.54, 1.807) is 11.3 Å². The smallest absolute Gasteiger partial charge is 0.0603 e. The molecule has 0 aliphatic heterocycles. The van der Waals surface area contributed by atoms with Gasteiger partial charge in [0.1, 0.15) is 0 Å². The van der Waals surface area contributed by atoms with Crippen molar-refractivity contribution in [1.29, 1.82) is 0 Å². The van der Waals surface area contributed by atoms with Crippen molar-refractivity contribution >= 4 is 11.3 Å². The monoisotopic (exact) mass is 213 g/mol. The van der Waals surface area contributed by atoms with E-state index in [0.717, 1.165) is 19.5 Å². The maximum atomic E-state index is 9.49. The second kappa shape index (κ2) is 4.91. The number of hydrogen-bond donors (Lipinski definition) is 2. The Balaban J connectivity index is 2.20. The highest BCUT2D eigenvalue weighted by Gasteiger charge is 2.10. The fraction of sp³-hybridized carbons (Fsp3) is 0.636.